The molecule has 0 saturated heterocycles. The monoisotopic (exact) mass is 519 g/mol. The fourth-order valence-electron chi connectivity index (χ4n) is 3.15. The second-order valence-electron chi connectivity index (χ2n) is 7.27. The third-order valence-corrected chi connectivity index (χ3v) is 5.98. The highest BCUT2D eigenvalue weighted by Crippen LogP contribution is 2.35. The van der Waals surface area contributed by atoms with E-state index in [0.29, 0.717) is 33.2 Å². The number of para-hydroxylation sites is 1. The lowest BCUT2D eigenvalue weighted by atomic mass is 10.1. The second kappa shape index (κ2) is 11.4. The molecule has 4 aromatic rings. The number of benzene rings is 3. The number of aliphatic carboxylic acids is 1. The van der Waals surface area contributed by atoms with Gasteiger partial charge in [0.05, 0.1) is 24.3 Å². The third kappa shape index (κ3) is 6.05. The number of ether oxygens (including phenoxy) is 2. The average molecular weight is 520 g/mol. The van der Waals surface area contributed by atoms with E-state index in [9.17, 15) is 9.90 Å². The predicted octanol–water partition coefficient (Wildman–Crippen LogP) is 6.07. The number of carboxylic acid groups (broad SMARTS) is 1. The van der Waals surface area contributed by atoms with Crippen LogP contribution in [0.15, 0.2) is 81.3 Å². The molecular weight excluding hydrogens is 502 g/mol. The molecule has 1 N–H and O–H groups in total. The zero-order chi connectivity index (χ0) is 25.5. The standard InChI is InChI=1S/C26H18ClN3O5S/c1-33-22-11-10-19(27)13-20(22)24-29-30-26(35-24)36-23(25(31)32)12-18-4-2-3-5-21(18)34-15-17-8-6-16(14-28)7-9-17/h2-13H,15H2,1H3,(H,31,32)/b23-12-. The van der Waals surface area contributed by atoms with Crippen molar-refractivity contribution in [2.24, 2.45) is 0 Å². The van der Waals surface area contributed by atoms with Crippen LogP contribution >= 0.6 is 23.4 Å². The first-order valence-corrected chi connectivity index (χ1v) is 11.7. The van der Waals surface area contributed by atoms with E-state index in [1.165, 1.54) is 13.2 Å². The largest absolute Gasteiger partial charge is 0.496 e. The van der Waals surface area contributed by atoms with Crippen LogP contribution in [0, 0.1) is 11.3 Å². The summed E-state index contributed by atoms with van der Waals surface area (Å²) in [5.74, 6) is -0.0345. The topological polar surface area (TPSA) is 118 Å². The van der Waals surface area contributed by atoms with Crippen LogP contribution in [0.5, 0.6) is 11.5 Å². The van der Waals surface area contributed by atoms with Crippen molar-refractivity contribution in [1.29, 1.82) is 5.26 Å². The van der Waals surface area contributed by atoms with Crippen molar-refractivity contribution in [2.45, 2.75) is 11.8 Å². The molecule has 0 saturated carbocycles. The van der Waals surface area contributed by atoms with Crippen LogP contribution in [0.1, 0.15) is 16.7 Å². The fraction of sp³-hybridized carbons (Fsp3) is 0.0769. The molecule has 36 heavy (non-hydrogen) atoms. The van der Waals surface area contributed by atoms with Gasteiger partial charge in [-0.25, -0.2) is 4.79 Å². The molecule has 180 valence electrons. The van der Waals surface area contributed by atoms with Gasteiger partial charge in [-0.3, -0.25) is 0 Å². The highest BCUT2D eigenvalue weighted by atomic mass is 35.5. The van der Waals surface area contributed by atoms with Gasteiger partial charge < -0.3 is 19.0 Å². The summed E-state index contributed by atoms with van der Waals surface area (Å²) in [6.45, 7) is 0.251. The molecule has 1 heterocycles. The first-order valence-electron chi connectivity index (χ1n) is 10.5. The maximum absolute atomic E-state index is 12.0. The van der Waals surface area contributed by atoms with E-state index in [1.54, 1.807) is 66.7 Å². The van der Waals surface area contributed by atoms with E-state index in [2.05, 4.69) is 16.3 Å². The number of hydrogen-bond donors (Lipinski definition) is 1. The maximum Gasteiger partial charge on any atom is 0.342 e. The van der Waals surface area contributed by atoms with Gasteiger partial charge in [-0.05, 0) is 59.8 Å². The van der Waals surface area contributed by atoms with Crippen LogP contribution in [0.2, 0.25) is 5.02 Å². The van der Waals surface area contributed by atoms with Crippen LogP contribution in [0.25, 0.3) is 17.5 Å². The summed E-state index contributed by atoms with van der Waals surface area (Å²) in [6, 6.07) is 21.1. The number of nitrogens with zero attached hydrogens (tertiary/aromatic N) is 3. The molecule has 10 heteroatoms. The van der Waals surface area contributed by atoms with Crippen molar-refractivity contribution in [3.8, 4) is 29.0 Å². The lowest BCUT2D eigenvalue weighted by Gasteiger charge is -2.10. The molecule has 0 atom stereocenters. The predicted molar refractivity (Wildman–Crippen MR) is 135 cm³/mol. The summed E-state index contributed by atoms with van der Waals surface area (Å²) in [7, 11) is 1.50. The van der Waals surface area contributed by atoms with E-state index in [1.807, 2.05) is 0 Å². The van der Waals surface area contributed by atoms with Crippen LogP contribution in [0.3, 0.4) is 0 Å². The van der Waals surface area contributed by atoms with Crippen LogP contribution < -0.4 is 9.47 Å². The minimum absolute atomic E-state index is 0.0386. The smallest absolute Gasteiger partial charge is 0.342 e. The lowest BCUT2D eigenvalue weighted by molar-refractivity contribution is -0.131. The van der Waals surface area contributed by atoms with Gasteiger partial charge in [0, 0.05) is 10.6 Å². The van der Waals surface area contributed by atoms with Gasteiger partial charge in [0.1, 0.15) is 23.0 Å². The molecule has 4 rings (SSSR count). The Balaban J connectivity index is 1.55. The molecular formula is C26H18ClN3O5S. The minimum Gasteiger partial charge on any atom is -0.496 e. The number of hydrogen-bond acceptors (Lipinski definition) is 8. The number of nitriles is 1. The summed E-state index contributed by atoms with van der Waals surface area (Å²) in [5.41, 5.74) is 2.48. The highest BCUT2D eigenvalue weighted by molar-refractivity contribution is 8.03. The minimum atomic E-state index is -1.16. The first kappa shape index (κ1) is 24.9. The summed E-state index contributed by atoms with van der Waals surface area (Å²) in [5, 5.41) is 27.2. The number of thioether (sulfide) groups is 1. The Hall–Kier alpha value is -4.26. The highest BCUT2D eigenvalue weighted by Gasteiger charge is 2.19. The zero-order valence-electron chi connectivity index (χ0n) is 18.8. The SMILES string of the molecule is COc1ccc(Cl)cc1-c1nnc(S/C(=C\c2ccccc2OCc2ccc(C#N)cc2)C(=O)O)o1. The molecule has 3 aromatic carbocycles. The maximum atomic E-state index is 12.0. The van der Waals surface area contributed by atoms with Crippen LogP contribution in [0.4, 0.5) is 0 Å². The van der Waals surface area contributed by atoms with Crippen LogP contribution in [-0.2, 0) is 11.4 Å². The Morgan fingerprint density at radius 1 is 1.14 bits per heavy atom. The number of aromatic nitrogens is 2. The van der Waals surface area contributed by atoms with Gasteiger partial charge in [0.15, 0.2) is 0 Å². The molecule has 0 aliphatic carbocycles. The number of carbonyl (C=O) groups is 1. The lowest BCUT2D eigenvalue weighted by Crippen LogP contribution is -1.99. The molecule has 8 nitrogen and oxygen atoms in total. The van der Waals surface area contributed by atoms with Gasteiger partial charge in [-0.1, -0.05) is 41.9 Å². The van der Waals surface area contributed by atoms with E-state index < -0.39 is 5.97 Å². The summed E-state index contributed by atoms with van der Waals surface area (Å²) in [4.78, 5) is 12.0. The number of carboxylic acids is 1. The third-order valence-electron chi connectivity index (χ3n) is 4.89. The quantitative estimate of drug-likeness (QED) is 0.207. The Kier molecular flexibility index (Phi) is 7.90. The van der Waals surface area contributed by atoms with Crippen LogP contribution in [-0.4, -0.2) is 28.4 Å². The van der Waals surface area contributed by atoms with Gasteiger partial charge in [0.2, 0.25) is 0 Å². The molecule has 1 aromatic heterocycles. The second-order valence-corrected chi connectivity index (χ2v) is 8.70. The molecule has 0 radical (unpaired) electrons. The molecule has 0 fully saturated rings. The van der Waals surface area contributed by atoms with Crippen molar-refractivity contribution in [3.05, 3.63) is 93.3 Å². The summed E-state index contributed by atoms with van der Waals surface area (Å²) < 4.78 is 16.9. The Morgan fingerprint density at radius 3 is 2.64 bits per heavy atom. The van der Waals surface area contributed by atoms with Gasteiger partial charge >= 0.3 is 5.97 Å². The number of halogens is 1. The Bertz CT molecular complexity index is 1460. The molecule has 0 unspecified atom stereocenters. The van der Waals surface area contributed by atoms with Crippen molar-refractivity contribution < 1.29 is 23.8 Å². The van der Waals surface area contributed by atoms with E-state index in [-0.39, 0.29) is 22.6 Å². The van der Waals surface area contributed by atoms with Gasteiger partial charge in [-0.2, -0.15) is 5.26 Å². The van der Waals surface area contributed by atoms with E-state index in [4.69, 9.17) is 30.8 Å². The molecule has 0 amide bonds. The van der Waals surface area contributed by atoms with Crippen molar-refractivity contribution in [1.82, 2.24) is 10.2 Å². The zero-order valence-corrected chi connectivity index (χ0v) is 20.4. The van der Waals surface area contributed by atoms with E-state index in [0.717, 1.165) is 17.3 Å². The normalized spacial score (nSPS) is 11.1. The van der Waals surface area contributed by atoms with E-state index >= 15 is 0 Å². The molecule has 0 bridgehead atoms. The summed E-state index contributed by atoms with van der Waals surface area (Å²) in [6.07, 6.45) is 1.48. The Morgan fingerprint density at radius 2 is 1.92 bits per heavy atom. The van der Waals surface area contributed by atoms with Gasteiger partial charge in [0.25, 0.3) is 11.1 Å². The van der Waals surface area contributed by atoms with Gasteiger partial charge in [-0.15, -0.1) is 10.2 Å². The first-order chi connectivity index (χ1) is 17.5. The Labute approximate surface area is 215 Å². The van der Waals surface area contributed by atoms with Crippen molar-refractivity contribution >= 4 is 35.4 Å². The molecule has 0 spiro atoms. The number of rotatable bonds is 9. The summed E-state index contributed by atoms with van der Waals surface area (Å²) >= 11 is 6.89. The fourth-order valence-corrected chi connectivity index (χ4v) is 3.98. The molecule has 0 aliphatic heterocycles. The van der Waals surface area contributed by atoms with Crippen molar-refractivity contribution in [3.63, 3.8) is 0 Å². The number of methoxy groups -OCH3 is 1. The average Bonchev–Trinajstić information content (AvgIpc) is 3.36. The van der Waals surface area contributed by atoms with Crippen molar-refractivity contribution in [2.75, 3.05) is 7.11 Å². The molecule has 0 aliphatic rings.